The van der Waals surface area contributed by atoms with Crippen LogP contribution in [0.25, 0.3) is 0 Å². The lowest BCUT2D eigenvalue weighted by Crippen LogP contribution is -2.35. The van der Waals surface area contributed by atoms with E-state index in [0.717, 1.165) is 9.47 Å². The molecule has 10 heteroatoms. The van der Waals surface area contributed by atoms with Gasteiger partial charge in [-0.25, -0.2) is 0 Å². The molecule has 2 aromatic rings. The molecule has 0 aliphatic carbocycles. The SMILES string of the molecule is Cc1cc(C(=O)CN2C(=O)c3cc(Cl)c(Cl)cc3C2=O)c(C)n1CC(F)(F)F. The van der Waals surface area contributed by atoms with E-state index in [9.17, 15) is 27.6 Å². The number of Topliss-reactive ketones (excluding diaryl/α,β-unsaturated/α-hetero) is 1. The number of amides is 2. The number of nitrogens with zero attached hydrogens (tertiary/aromatic N) is 2. The smallest absolute Gasteiger partial charge is 0.339 e. The van der Waals surface area contributed by atoms with E-state index in [1.807, 2.05) is 0 Å². The van der Waals surface area contributed by atoms with E-state index in [1.54, 1.807) is 0 Å². The summed E-state index contributed by atoms with van der Waals surface area (Å²) in [7, 11) is 0. The molecule has 5 nitrogen and oxygen atoms in total. The Bertz CT molecular complexity index is 987. The molecule has 0 spiro atoms. The van der Waals surface area contributed by atoms with Crippen LogP contribution in [0.1, 0.15) is 42.5 Å². The molecule has 1 aliphatic rings. The van der Waals surface area contributed by atoms with Crippen LogP contribution in [0.3, 0.4) is 0 Å². The molecule has 1 aliphatic heterocycles. The number of aryl methyl sites for hydroxylation is 1. The molecule has 28 heavy (non-hydrogen) atoms. The zero-order valence-corrected chi connectivity index (χ0v) is 16.2. The van der Waals surface area contributed by atoms with Crippen molar-refractivity contribution in [3.8, 4) is 0 Å². The highest BCUT2D eigenvalue weighted by Gasteiger charge is 2.38. The molecule has 1 aromatic carbocycles. The minimum atomic E-state index is -4.45. The molecule has 0 saturated heterocycles. The van der Waals surface area contributed by atoms with Crippen LogP contribution < -0.4 is 0 Å². The molecule has 0 N–H and O–H groups in total. The average molecular weight is 433 g/mol. The monoisotopic (exact) mass is 432 g/mol. The van der Waals surface area contributed by atoms with E-state index in [1.165, 1.54) is 32.0 Å². The van der Waals surface area contributed by atoms with Crippen molar-refractivity contribution in [2.24, 2.45) is 0 Å². The fourth-order valence-electron chi connectivity index (χ4n) is 3.16. The first-order chi connectivity index (χ1) is 12.9. The largest absolute Gasteiger partial charge is 0.406 e. The lowest BCUT2D eigenvalue weighted by Gasteiger charge is -2.14. The number of aromatic nitrogens is 1. The van der Waals surface area contributed by atoms with Gasteiger partial charge in [-0.2, -0.15) is 13.2 Å². The van der Waals surface area contributed by atoms with Crippen molar-refractivity contribution in [2.75, 3.05) is 6.54 Å². The molecule has 0 atom stereocenters. The fraction of sp³-hybridized carbons (Fsp3) is 0.278. The zero-order valence-electron chi connectivity index (χ0n) is 14.7. The summed E-state index contributed by atoms with van der Waals surface area (Å²) in [6.07, 6.45) is -4.45. The van der Waals surface area contributed by atoms with Gasteiger partial charge >= 0.3 is 6.18 Å². The summed E-state index contributed by atoms with van der Waals surface area (Å²) in [6.45, 7) is 0.995. The first kappa shape index (κ1) is 20.4. The number of alkyl halides is 3. The summed E-state index contributed by atoms with van der Waals surface area (Å²) in [4.78, 5) is 38.3. The lowest BCUT2D eigenvalue weighted by atomic mass is 10.1. The number of fused-ring (bicyclic) bond motifs is 1. The quantitative estimate of drug-likeness (QED) is 0.529. The zero-order chi connectivity index (χ0) is 21.0. The predicted octanol–water partition coefficient (Wildman–Crippen LogP) is 4.45. The molecule has 1 aromatic heterocycles. The highest BCUT2D eigenvalue weighted by molar-refractivity contribution is 6.43. The maximum atomic E-state index is 12.7. The van der Waals surface area contributed by atoms with E-state index in [0.29, 0.717) is 0 Å². The number of halogens is 5. The normalized spacial score (nSPS) is 14.0. The standard InChI is InChI=1S/C18H13Cl2F3N2O3/c1-8-3-10(9(2)25(8)7-18(21,22)23)15(26)6-24-16(27)11-4-13(19)14(20)5-12(11)17(24)28/h3-5H,6-7H2,1-2H3. The van der Waals surface area contributed by atoms with Gasteiger partial charge in [0.2, 0.25) is 0 Å². The summed E-state index contributed by atoms with van der Waals surface area (Å²) < 4.78 is 39.2. The van der Waals surface area contributed by atoms with Crippen molar-refractivity contribution >= 4 is 40.8 Å². The van der Waals surface area contributed by atoms with Gasteiger partial charge < -0.3 is 4.57 Å². The van der Waals surface area contributed by atoms with E-state index in [-0.39, 0.29) is 38.1 Å². The molecular formula is C18H13Cl2F3N2O3. The van der Waals surface area contributed by atoms with Crippen LogP contribution in [-0.2, 0) is 6.54 Å². The van der Waals surface area contributed by atoms with Gasteiger partial charge in [0.15, 0.2) is 5.78 Å². The first-order valence-electron chi connectivity index (χ1n) is 8.02. The van der Waals surface area contributed by atoms with Crippen molar-refractivity contribution in [1.29, 1.82) is 0 Å². The van der Waals surface area contributed by atoms with Gasteiger partial charge in [0.25, 0.3) is 11.8 Å². The Kier molecular flexibility index (Phi) is 5.05. The third-order valence-electron chi connectivity index (χ3n) is 4.52. The molecule has 0 fully saturated rings. The van der Waals surface area contributed by atoms with Crippen molar-refractivity contribution < 1.29 is 27.6 Å². The minimum Gasteiger partial charge on any atom is -0.339 e. The van der Waals surface area contributed by atoms with Gasteiger partial charge in [0.1, 0.15) is 6.54 Å². The molecule has 3 rings (SSSR count). The van der Waals surface area contributed by atoms with Gasteiger partial charge in [-0.1, -0.05) is 23.2 Å². The second-order valence-corrected chi connectivity index (χ2v) is 7.23. The summed E-state index contributed by atoms with van der Waals surface area (Å²) in [5.41, 5.74) is 0.431. The van der Waals surface area contributed by atoms with E-state index in [2.05, 4.69) is 0 Å². The molecule has 0 radical (unpaired) electrons. The Morgan fingerprint density at radius 2 is 1.50 bits per heavy atom. The topological polar surface area (TPSA) is 59.4 Å². The second-order valence-electron chi connectivity index (χ2n) is 6.42. The maximum absolute atomic E-state index is 12.7. The average Bonchev–Trinajstić information content (AvgIpc) is 2.98. The number of hydrogen-bond acceptors (Lipinski definition) is 3. The van der Waals surface area contributed by atoms with E-state index in [4.69, 9.17) is 23.2 Å². The maximum Gasteiger partial charge on any atom is 0.406 e. The predicted molar refractivity (Wildman–Crippen MR) is 96.1 cm³/mol. The van der Waals surface area contributed by atoms with Crippen LogP contribution in [0.15, 0.2) is 18.2 Å². The Labute approximate surface area is 167 Å². The van der Waals surface area contributed by atoms with E-state index < -0.39 is 36.9 Å². The molecule has 0 bridgehead atoms. The van der Waals surface area contributed by atoms with Gasteiger partial charge in [-0.3, -0.25) is 19.3 Å². The molecule has 148 valence electrons. The Hall–Kier alpha value is -2.32. The van der Waals surface area contributed by atoms with E-state index >= 15 is 0 Å². The van der Waals surface area contributed by atoms with Crippen LogP contribution in [-0.4, -0.2) is 39.8 Å². The van der Waals surface area contributed by atoms with Gasteiger partial charge in [0, 0.05) is 17.0 Å². The number of imide groups is 1. The highest BCUT2D eigenvalue weighted by Crippen LogP contribution is 2.32. The molecular weight excluding hydrogens is 420 g/mol. The van der Waals surface area contributed by atoms with Crippen molar-refractivity contribution in [3.05, 3.63) is 56.3 Å². The molecule has 0 saturated carbocycles. The van der Waals surface area contributed by atoms with Crippen LogP contribution in [0.5, 0.6) is 0 Å². The minimum absolute atomic E-state index is 0.0226. The Morgan fingerprint density at radius 3 is 1.96 bits per heavy atom. The second kappa shape index (κ2) is 6.93. The van der Waals surface area contributed by atoms with Crippen LogP contribution >= 0.6 is 23.2 Å². The van der Waals surface area contributed by atoms with Crippen LogP contribution in [0.4, 0.5) is 13.2 Å². The van der Waals surface area contributed by atoms with Gasteiger partial charge in [-0.15, -0.1) is 0 Å². The summed E-state index contributed by atoms with van der Waals surface area (Å²) in [5, 5.41) is 0.177. The molecule has 0 unspecified atom stereocenters. The van der Waals surface area contributed by atoms with Crippen molar-refractivity contribution in [3.63, 3.8) is 0 Å². The fourth-order valence-corrected chi connectivity index (χ4v) is 3.49. The highest BCUT2D eigenvalue weighted by atomic mass is 35.5. The van der Waals surface area contributed by atoms with Crippen LogP contribution in [0, 0.1) is 13.8 Å². The van der Waals surface area contributed by atoms with Gasteiger partial charge in [-0.05, 0) is 32.0 Å². The number of rotatable bonds is 4. The summed E-state index contributed by atoms with van der Waals surface area (Å²) in [6, 6.07) is 3.81. The van der Waals surface area contributed by atoms with Crippen LogP contribution in [0.2, 0.25) is 10.0 Å². The third-order valence-corrected chi connectivity index (χ3v) is 5.25. The van der Waals surface area contributed by atoms with Gasteiger partial charge in [0.05, 0.1) is 27.7 Å². The van der Waals surface area contributed by atoms with Crippen molar-refractivity contribution in [2.45, 2.75) is 26.6 Å². The third kappa shape index (κ3) is 3.54. The number of benzene rings is 1. The number of ketones is 1. The number of hydrogen-bond donors (Lipinski definition) is 0. The Morgan fingerprint density at radius 1 is 1.00 bits per heavy atom. The molecule has 2 amide bonds. The lowest BCUT2D eigenvalue weighted by molar-refractivity contribution is -0.141. The Balaban J connectivity index is 1.88. The summed E-state index contributed by atoms with van der Waals surface area (Å²) in [5.74, 6) is -2.07. The number of carbonyl (C=O) groups is 3. The number of carbonyl (C=O) groups excluding carboxylic acids is 3. The molecule has 2 heterocycles. The van der Waals surface area contributed by atoms with Crippen molar-refractivity contribution in [1.82, 2.24) is 9.47 Å². The summed E-state index contributed by atoms with van der Waals surface area (Å²) >= 11 is 11.7. The first-order valence-corrected chi connectivity index (χ1v) is 8.78.